The molecule has 0 amide bonds. The van der Waals surface area contributed by atoms with Crippen molar-refractivity contribution < 1.29 is 74.1 Å². The van der Waals surface area contributed by atoms with E-state index in [9.17, 15) is 74.1 Å². The van der Waals surface area contributed by atoms with Crippen molar-refractivity contribution in [2.75, 3.05) is 0 Å². The van der Waals surface area contributed by atoms with E-state index < -0.39 is 62.0 Å². The molecular formula is C81H163NO15. The van der Waals surface area contributed by atoms with E-state index in [1.165, 1.54) is 34.6 Å². The van der Waals surface area contributed by atoms with E-state index in [-0.39, 0.29) is 119 Å². The summed E-state index contributed by atoms with van der Waals surface area (Å²) in [6.45, 7) is 89.5. The summed E-state index contributed by atoms with van der Waals surface area (Å²) < 4.78 is 0. The third kappa shape index (κ3) is 37.2. The number of hydrogen-bond donors (Lipinski definition) is 8. The molecule has 0 aliphatic carbocycles. The molecule has 0 saturated carbocycles. The molecule has 0 heterocycles. The number of Topliss-reactive ketones (excluding diaryl/α,β-unsaturated/α-hetero) is 8. The number of hydrogen-bond acceptors (Lipinski definition) is 16. The van der Waals surface area contributed by atoms with E-state index in [0.717, 1.165) is 0 Å². The first kappa shape index (κ1) is 110. The minimum atomic E-state index is -0.989. The fourth-order valence-corrected chi connectivity index (χ4v) is 15.6. The predicted octanol–water partition coefficient (Wildman–Crippen LogP) is 16.4. The van der Waals surface area contributed by atoms with E-state index in [1.807, 2.05) is 201 Å². The van der Waals surface area contributed by atoms with Gasteiger partial charge >= 0.3 is 0 Å². The van der Waals surface area contributed by atoms with Gasteiger partial charge in [0.2, 0.25) is 0 Å². The summed E-state index contributed by atoms with van der Waals surface area (Å²) >= 11 is 0. The van der Waals surface area contributed by atoms with Gasteiger partial charge in [0.1, 0.15) is 46.3 Å². The fraction of sp³-hybridized carbons (Fsp3) is 0.901. The van der Waals surface area contributed by atoms with Crippen LogP contribution in [0.25, 0.3) is 0 Å². The highest BCUT2D eigenvalue weighted by molar-refractivity contribution is 5.85. The number of aliphatic hydroxyl groups is 7. The van der Waals surface area contributed by atoms with Gasteiger partial charge in [0.05, 0.1) is 74.2 Å². The maximum Gasteiger partial charge on any atom is 0.139 e. The van der Waals surface area contributed by atoms with Crippen molar-refractivity contribution in [3.05, 3.63) is 0 Å². The number of carbonyl (C=O) groups is 8. The molecule has 0 radical (unpaired) electrons. The molecule has 16 nitrogen and oxygen atoms in total. The van der Waals surface area contributed by atoms with Crippen LogP contribution in [0.2, 0.25) is 0 Å². The molecular weight excluding hydrogens is 1230 g/mol. The lowest BCUT2D eigenvalue weighted by atomic mass is 9.58. The lowest BCUT2D eigenvalue weighted by molar-refractivity contribution is -0.156. The van der Waals surface area contributed by atoms with Crippen LogP contribution in [0.4, 0.5) is 0 Å². The zero-order valence-corrected chi connectivity index (χ0v) is 72.5. The summed E-state index contributed by atoms with van der Waals surface area (Å²) in [6, 6.07) is 0. The molecule has 582 valence electrons. The summed E-state index contributed by atoms with van der Waals surface area (Å²) in [5.41, 5.74) is -2.70. The molecule has 10 atom stereocenters. The predicted molar refractivity (Wildman–Crippen MR) is 406 cm³/mol. The van der Waals surface area contributed by atoms with E-state index in [4.69, 9.17) is 5.73 Å². The quantitative estimate of drug-likeness (QED) is 0.0712. The van der Waals surface area contributed by atoms with Gasteiger partial charge in [-0.05, 0) is 216 Å². The first-order chi connectivity index (χ1) is 41.0. The number of nitrogens with two attached hydrogens (primary N) is 1. The van der Waals surface area contributed by atoms with E-state index in [1.54, 1.807) is 104 Å². The smallest absolute Gasteiger partial charge is 0.139 e. The number of carbonyl (C=O) groups excluding carboxylic acids is 8. The highest BCUT2D eigenvalue weighted by atomic mass is 16.3. The van der Waals surface area contributed by atoms with Gasteiger partial charge in [0, 0.05) is 17.4 Å². The summed E-state index contributed by atoms with van der Waals surface area (Å²) in [5.74, 6) is -0.722. The summed E-state index contributed by atoms with van der Waals surface area (Å²) in [5, 5.41) is 68.2. The Morgan fingerprint density at radius 1 is 0.278 bits per heavy atom. The Bertz CT molecular complexity index is 2130. The zero-order valence-electron chi connectivity index (χ0n) is 72.5. The second-order valence-corrected chi connectivity index (χ2v) is 40.3. The molecule has 0 fully saturated rings. The van der Waals surface area contributed by atoms with Crippen LogP contribution < -0.4 is 5.73 Å². The first-order valence-electron chi connectivity index (χ1n) is 34.9. The van der Waals surface area contributed by atoms with Crippen LogP contribution in [0.3, 0.4) is 0 Å². The van der Waals surface area contributed by atoms with Crippen molar-refractivity contribution in [2.45, 2.75) is 385 Å². The van der Waals surface area contributed by atoms with Crippen molar-refractivity contribution in [3.8, 4) is 0 Å². The summed E-state index contributed by atoms with van der Waals surface area (Å²) in [6.07, 6.45) is -1.15. The fourth-order valence-electron chi connectivity index (χ4n) is 15.6. The van der Waals surface area contributed by atoms with Gasteiger partial charge in [-0.3, -0.25) is 38.4 Å². The third-order valence-corrected chi connectivity index (χ3v) is 19.8. The molecule has 0 aromatic rings. The Kier molecular flexibility index (Phi) is 43.1. The topological polar surface area (TPSA) is 304 Å². The largest absolute Gasteiger partial charge is 0.393 e. The molecule has 0 rings (SSSR count). The average Bonchev–Trinajstić information content (AvgIpc) is 0.770. The Morgan fingerprint density at radius 2 is 0.464 bits per heavy atom. The van der Waals surface area contributed by atoms with Gasteiger partial charge in [-0.15, -0.1) is 0 Å². The van der Waals surface area contributed by atoms with Crippen LogP contribution in [-0.2, 0) is 38.4 Å². The SMILES string of the molecule is CC(=O)C(C(C)(C)C)C(C)(C)N.CC(=O)C(C(C)(C)C)C(C)(C)O.CC(=O)C(C(C)(C)C)C(C)(C)O.CC(=O)C(C(C)(C)C)C(C)(C)O.CC(=O)C(C(C)O)C(C)(C)C.CC(=O)C(C)(C(C)(C)C)C(C)(C)O.CC(=O)C(C)(C(C)(C)C)C(C)(C)O.CC(=O)C(C)(C(C)O)C(C)(C)C. The molecule has 0 aliphatic rings. The molecule has 0 spiro atoms. The molecule has 97 heavy (non-hydrogen) atoms. The molecule has 9 N–H and O–H groups in total. The van der Waals surface area contributed by atoms with Crippen molar-refractivity contribution in [3.63, 3.8) is 0 Å². The van der Waals surface area contributed by atoms with Crippen molar-refractivity contribution in [1.82, 2.24) is 0 Å². The highest BCUT2D eigenvalue weighted by Crippen LogP contribution is 2.49. The van der Waals surface area contributed by atoms with Gasteiger partial charge in [-0.2, -0.15) is 0 Å². The van der Waals surface area contributed by atoms with Gasteiger partial charge in [0.15, 0.2) is 0 Å². The maximum atomic E-state index is 11.6. The normalized spacial score (nSPS) is 17.2. The summed E-state index contributed by atoms with van der Waals surface area (Å²) in [7, 11) is 0. The number of rotatable bonds is 16. The van der Waals surface area contributed by atoms with Crippen LogP contribution in [0.1, 0.15) is 339 Å². The molecule has 10 unspecified atom stereocenters. The molecule has 0 aromatic carbocycles. The monoisotopic (exact) mass is 1390 g/mol. The molecule has 16 heteroatoms. The standard InChI is InChI=1S/2C11H22O2.C10H21NO.4C10H20O2.C9H18O2/c2*1-8(12)11(7,9(2,3)4)10(5,6)13;1-7(12)8(9(2,3)4)10(5,6)11;3*1-7(11)8(9(2,3)4)10(5,6)12;1-7(11)10(6,8(2)12)9(3,4)5;1-6(10)8(7(2)11)9(3,4)5/h2*13H,1-7H3;8H,11H2,1-6H3;3*8,12H,1-6H3;7,11H,1-6H3;6,8,10H,1-5H3. The van der Waals surface area contributed by atoms with Gasteiger partial charge < -0.3 is 41.5 Å². The molecule has 0 aromatic heterocycles. The van der Waals surface area contributed by atoms with E-state index in [0.29, 0.717) is 0 Å². The first-order valence-corrected chi connectivity index (χ1v) is 34.9. The van der Waals surface area contributed by atoms with Crippen LogP contribution in [0.5, 0.6) is 0 Å². The van der Waals surface area contributed by atoms with Crippen LogP contribution >= 0.6 is 0 Å². The zero-order chi connectivity index (χ0) is 82.2. The van der Waals surface area contributed by atoms with Crippen LogP contribution in [-0.4, -0.2) is 128 Å². The molecule has 0 saturated heterocycles. The van der Waals surface area contributed by atoms with Gasteiger partial charge in [0.25, 0.3) is 0 Å². The minimum absolute atomic E-state index is 0.0347. The highest BCUT2D eigenvalue weighted by Gasteiger charge is 2.54. The van der Waals surface area contributed by atoms with Crippen molar-refractivity contribution in [1.29, 1.82) is 0 Å². The van der Waals surface area contributed by atoms with Crippen LogP contribution in [0, 0.1) is 89.2 Å². The van der Waals surface area contributed by atoms with Crippen LogP contribution in [0.15, 0.2) is 0 Å². The minimum Gasteiger partial charge on any atom is -0.393 e. The average molecular weight is 1390 g/mol. The van der Waals surface area contributed by atoms with Gasteiger partial charge in [-0.25, -0.2) is 0 Å². The second-order valence-electron chi connectivity index (χ2n) is 40.3. The van der Waals surface area contributed by atoms with E-state index in [2.05, 4.69) is 0 Å². The third-order valence-electron chi connectivity index (χ3n) is 19.8. The van der Waals surface area contributed by atoms with Crippen molar-refractivity contribution in [2.24, 2.45) is 94.9 Å². The lowest BCUT2D eigenvalue weighted by Crippen LogP contribution is -2.54. The summed E-state index contributed by atoms with van der Waals surface area (Å²) in [4.78, 5) is 90.9. The molecule has 0 aliphatic heterocycles. The van der Waals surface area contributed by atoms with Gasteiger partial charge in [-0.1, -0.05) is 166 Å². The number of aliphatic hydroxyl groups excluding tert-OH is 2. The Labute approximate surface area is 597 Å². The number of ketones is 8. The maximum absolute atomic E-state index is 11.6. The Morgan fingerprint density at radius 3 is 0.464 bits per heavy atom. The molecule has 0 bridgehead atoms. The Hall–Kier alpha value is -2.96. The lowest BCUT2D eigenvalue weighted by Gasteiger charge is -2.48. The Balaban J connectivity index is -0.000000156. The van der Waals surface area contributed by atoms with Crippen molar-refractivity contribution >= 4 is 46.3 Å². The van der Waals surface area contributed by atoms with E-state index >= 15 is 0 Å². The second kappa shape index (κ2) is 38.0.